The summed E-state index contributed by atoms with van der Waals surface area (Å²) in [7, 11) is 1.48. The maximum atomic E-state index is 11.6. The lowest BCUT2D eigenvalue weighted by Crippen LogP contribution is -2.16. The Morgan fingerprint density at radius 1 is 1.25 bits per heavy atom. The molecule has 0 saturated carbocycles. The number of carbonyl (C=O) groups is 1. The Balaban J connectivity index is 1.80. The number of fused-ring (bicyclic) bond motifs is 1. The fourth-order valence-corrected chi connectivity index (χ4v) is 3.17. The van der Waals surface area contributed by atoms with Gasteiger partial charge in [-0.3, -0.25) is 4.79 Å². The van der Waals surface area contributed by atoms with Crippen molar-refractivity contribution in [3.63, 3.8) is 0 Å². The first kappa shape index (κ1) is 16.2. The van der Waals surface area contributed by atoms with E-state index in [9.17, 15) is 9.90 Å². The SMILES string of the molecule is COCC(=O)Nc1ccc2nc(Nc3ccc(O)c(C)c3)sc2c1. The van der Waals surface area contributed by atoms with Gasteiger partial charge in [0.15, 0.2) is 5.13 Å². The van der Waals surface area contributed by atoms with E-state index in [1.165, 1.54) is 18.4 Å². The Morgan fingerprint density at radius 2 is 2.04 bits per heavy atom. The number of aromatic hydroxyl groups is 1. The van der Waals surface area contributed by atoms with Crippen molar-refractivity contribution in [2.45, 2.75) is 6.92 Å². The maximum absolute atomic E-state index is 11.6. The van der Waals surface area contributed by atoms with E-state index in [4.69, 9.17) is 4.74 Å². The lowest BCUT2D eigenvalue weighted by Gasteiger charge is -2.04. The second kappa shape index (κ2) is 6.86. The number of carbonyl (C=O) groups excluding carboxylic acids is 1. The van der Waals surface area contributed by atoms with Crippen LogP contribution in [0.2, 0.25) is 0 Å². The lowest BCUT2D eigenvalue weighted by atomic mass is 10.2. The summed E-state index contributed by atoms with van der Waals surface area (Å²) in [5.74, 6) is 0.0700. The summed E-state index contributed by atoms with van der Waals surface area (Å²) in [6.07, 6.45) is 0. The van der Waals surface area contributed by atoms with E-state index in [1.807, 2.05) is 31.2 Å². The first-order chi connectivity index (χ1) is 11.5. The third-order valence-electron chi connectivity index (χ3n) is 3.40. The molecule has 3 aromatic rings. The van der Waals surface area contributed by atoms with Gasteiger partial charge in [0.1, 0.15) is 12.4 Å². The monoisotopic (exact) mass is 343 g/mol. The molecular weight excluding hydrogens is 326 g/mol. The van der Waals surface area contributed by atoms with E-state index < -0.39 is 0 Å². The Kier molecular flexibility index (Phi) is 4.64. The van der Waals surface area contributed by atoms with Gasteiger partial charge >= 0.3 is 0 Å². The van der Waals surface area contributed by atoms with Gasteiger partial charge in [-0.1, -0.05) is 11.3 Å². The molecule has 6 nitrogen and oxygen atoms in total. The number of aromatic nitrogens is 1. The van der Waals surface area contributed by atoms with Crippen molar-refractivity contribution in [3.8, 4) is 5.75 Å². The van der Waals surface area contributed by atoms with Gasteiger partial charge in [0.2, 0.25) is 5.91 Å². The van der Waals surface area contributed by atoms with Crippen LogP contribution in [0.4, 0.5) is 16.5 Å². The predicted octanol–water partition coefficient (Wildman–Crippen LogP) is 3.64. The maximum Gasteiger partial charge on any atom is 0.250 e. The van der Waals surface area contributed by atoms with Crippen molar-refractivity contribution < 1.29 is 14.6 Å². The van der Waals surface area contributed by atoms with Gasteiger partial charge < -0.3 is 20.5 Å². The molecule has 3 rings (SSSR count). The molecule has 0 unspecified atom stereocenters. The summed E-state index contributed by atoms with van der Waals surface area (Å²) in [5, 5.41) is 16.3. The molecule has 124 valence electrons. The van der Waals surface area contributed by atoms with E-state index in [-0.39, 0.29) is 18.3 Å². The van der Waals surface area contributed by atoms with Gasteiger partial charge in [0.25, 0.3) is 0 Å². The van der Waals surface area contributed by atoms with Crippen molar-refractivity contribution in [2.24, 2.45) is 0 Å². The van der Waals surface area contributed by atoms with Crippen LogP contribution in [0.15, 0.2) is 36.4 Å². The summed E-state index contributed by atoms with van der Waals surface area (Å²) in [6, 6.07) is 10.9. The highest BCUT2D eigenvalue weighted by Gasteiger charge is 2.08. The minimum atomic E-state index is -0.195. The van der Waals surface area contributed by atoms with Gasteiger partial charge in [0, 0.05) is 18.5 Å². The molecule has 24 heavy (non-hydrogen) atoms. The molecule has 1 amide bonds. The summed E-state index contributed by atoms with van der Waals surface area (Å²) in [5.41, 5.74) is 3.21. The second-order valence-electron chi connectivity index (χ2n) is 5.31. The van der Waals surface area contributed by atoms with Crippen molar-refractivity contribution in [2.75, 3.05) is 24.4 Å². The average Bonchev–Trinajstić information content (AvgIpc) is 2.92. The number of anilines is 3. The third-order valence-corrected chi connectivity index (χ3v) is 4.33. The van der Waals surface area contributed by atoms with Crippen LogP contribution in [-0.2, 0) is 9.53 Å². The topological polar surface area (TPSA) is 83.5 Å². The molecule has 0 aliphatic rings. The molecule has 0 bridgehead atoms. The molecule has 0 spiro atoms. The van der Waals surface area contributed by atoms with E-state index in [0.717, 1.165) is 26.6 Å². The largest absolute Gasteiger partial charge is 0.508 e. The van der Waals surface area contributed by atoms with Gasteiger partial charge in [-0.25, -0.2) is 4.98 Å². The van der Waals surface area contributed by atoms with E-state index in [2.05, 4.69) is 15.6 Å². The van der Waals surface area contributed by atoms with E-state index in [0.29, 0.717) is 5.69 Å². The molecule has 0 atom stereocenters. The van der Waals surface area contributed by atoms with Crippen LogP contribution in [0.25, 0.3) is 10.2 Å². The number of hydrogen-bond donors (Lipinski definition) is 3. The standard InChI is InChI=1S/C17H17N3O3S/c1-10-7-11(4-6-14(10)21)19-17-20-13-5-3-12(8-15(13)24-17)18-16(22)9-23-2/h3-8,21H,9H2,1-2H3,(H,18,22)(H,19,20). The van der Waals surface area contributed by atoms with Crippen LogP contribution >= 0.6 is 11.3 Å². The quantitative estimate of drug-likeness (QED) is 0.616. The van der Waals surface area contributed by atoms with Crippen molar-refractivity contribution >= 4 is 44.0 Å². The number of methoxy groups -OCH3 is 1. The van der Waals surface area contributed by atoms with Crippen LogP contribution < -0.4 is 10.6 Å². The highest BCUT2D eigenvalue weighted by Crippen LogP contribution is 2.31. The van der Waals surface area contributed by atoms with E-state index >= 15 is 0 Å². The van der Waals surface area contributed by atoms with Gasteiger partial charge in [-0.05, 0) is 48.9 Å². The first-order valence-electron chi connectivity index (χ1n) is 7.31. The minimum absolute atomic E-state index is 0.0216. The number of benzene rings is 2. The van der Waals surface area contributed by atoms with Gasteiger partial charge in [-0.2, -0.15) is 0 Å². The first-order valence-corrected chi connectivity index (χ1v) is 8.13. The molecule has 1 heterocycles. The van der Waals surface area contributed by atoms with Crippen LogP contribution in [0, 0.1) is 6.92 Å². The molecule has 0 aliphatic heterocycles. The summed E-state index contributed by atoms with van der Waals surface area (Å²) in [4.78, 5) is 16.1. The van der Waals surface area contributed by atoms with Crippen LogP contribution in [-0.4, -0.2) is 29.7 Å². The molecule has 1 aromatic heterocycles. The number of phenolic OH excluding ortho intramolecular Hbond substituents is 1. The zero-order chi connectivity index (χ0) is 17.1. The fraction of sp³-hybridized carbons (Fsp3) is 0.176. The molecular formula is C17H17N3O3S. The van der Waals surface area contributed by atoms with Crippen LogP contribution in [0.1, 0.15) is 5.56 Å². The average molecular weight is 343 g/mol. The molecule has 0 saturated heterocycles. The molecule has 0 fully saturated rings. The zero-order valence-electron chi connectivity index (χ0n) is 13.3. The normalized spacial score (nSPS) is 10.8. The van der Waals surface area contributed by atoms with Gasteiger partial charge in [-0.15, -0.1) is 0 Å². The number of amides is 1. The number of thiazole rings is 1. The number of rotatable bonds is 5. The van der Waals surface area contributed by atoms with Crippen molar-refractivity contribution in [1.82, 2.24) is 4.98 Å². The van der Waals surface area contributed by atoms with Crippen LogP contribution in [0.3, 0.4) is 0 Å². The molecule has 0 radical (unpaired) electrons. The van der Waals surface area contributed by atoms with Crippen LogP contribution in [0.5, 0.6) is 5.75 Å². The Labute approximate surface area is 143 Å². The van der Waals surface area contributed by atoms with E-state index in [1.54, 1.807) is 12.1 Å². The lowest BCUT2D eigenvalue weighted by molar-refractivity contribution is -0.119. The summed E-state index contributed by atoms with van der Waals surface area (Å²) in [6.45, 7) is 1.86. The smallest absolute Gasteiger partial charge is 0.250 e. The Bertz CT molecular complexity index is 892. The highest BCUT2D eigenvalue weighted by molar-refractivity contribution is 7.22. The number of ether oxygens (including phenoxy) is 1. The molecule has 2 aromatic carbocycles. The summed E-state index contributed by atoms with van der Waals surface area (Å²) < 4.78 is 5.76. The van der Waals surface area contributed by atoms with Gasteiger partial charge in [0.05, 0.1) is 10.2 Å². The highest BCUT2D eigenvalue weighted by atomic mass is 32.1. The Morgan fingerprint density at radius 3 is 2.79 bits per heavy atom. The van der Waals surface area contributed by atoms with Crippen molar-refractivity contribution in [3.05, 3.63) is 42.0 Å². The number of nitrogens with zero attached hydrogens (tertiary/aromatic N) is 1. The number of nitrogens with one attached hydrogen (secondary N) is 2. The minimum Gasteiger partial charge on any atom is -0.508 e. The zero-order valence-corrected chi connectivity index (χ0v) is 14.1. The van der Waals surface area contributed by atoms with Crippen molar-refractivity contribution in [1.29, 1.82) is 0 Å². The Hall–Kier alpha value is -2.64. The number of phenols is 1. The summed E-state index contributed by atoms with van der Waals surface area (Å²) >= 11 is 1.49. The molecule has 0 aliphatic carbocycles. The predicted molar refractivity (Wildman–Crippen MR) is 96.3 cm³/mol. The second-order valence-corrected chi connectivity index (χ2v) is 6.34. The fourth-order valence-electron chi connectivity index (χ4n) is 2.24. The third kappa shape index (κ3) is 3.64. The number of aryl methyl sites for hydroxylation is 1. The molecule has 7 heteroatoms. The number of hydrogen-bond acceptors (Lipinski definition) is 6. The molecule has 3 N–H and O–H groups in total.